The molecule has 0 saturated carbocycles. The highest BCUT2D eigenvalue weighted by Gasteiger charge is 2.19. The molecule has 1 aromatic heterocycles. The van der Waals surface area contributed by atoms with E-state index in [1.54, 1.807) is 0 Å². The number of aromatic nitrogens is 2. The molecule has 0 aliphatic rings. The maximum Gasteiger partial charge on any atom is 0.220 e. The Bertz CT molecular complexity index is 602. The standard InChI is InChI=1S/C13H13ClFN3O2/c1-19-10-6-11(20-2)18-13(17-10)12(14)8-4-3-7(15)5-9(8)16/h3-6,12H,16H2,1-2H3. The molecule has 1 heterocycles. The van der Waals surface area contributed by atoms with Crippen molar-refractivity contribution >= 4 is 17.3 Å². The summed E-state index contributed by atoms with van der Waals surface area (Å²) in [6, 6.07) is 5.50. The second kappa shape index (κ2) is 5.92. The summed E-state index contributed by atoms with van der Waals surface area (Å²) in [6.07, 6.45) is 0. The number of benzene rings is 1. The molecule has 0 radical (unpaired) electrons. The van der Waals surface area contributed by atoms with Crippen molar-refractivity contribution in [2.45, 2.75) is 5.38 Å². The summed E-state index contributed by atoms with van der Waals surface area (Å²) < 4.78 is 23.2. The largest absolute Gasteiger partial charge is 0.481 e. The molecule has 2 rings (SSSR count). The van der Waals surface area contributed by atoms with Crippen molar-refractivity contribution in [1.82, 2.24) is 9.97 Å². The third-order valence-corrected chi connectivity index (χ3v) is 3.09. The van der Waals surface area contributed by atoms with Crippen LogP contribution in [0.5, 0.6) is 11.8 Å². The fourth-order valence-corrected chi connectivity index (χ4v) is 1.96. The van der Waals surface area contributed by atoms with Crippen molar-refractivity contribution in [2.24, 2.45) is 0 Å². The molecule has 7 heteroatoms. The smallest absolute Gasteiger partial charge is 0.220 e. The Kier molecular flexibility index (Phi) is 4.24. The van der Waals surface area contributed by atoms with Crippen LogP contribution >= 0.6 is 11.6 Å². The molecule has 5 nitrogen and oxygen atoms in total. The van der Waals surface area contributed by atoms with Gasteiger partial charge in [-0.15, -0.1) is 11.6 Å². The second-order valence-electron chi connectivity index (χ2n) is 3.95. The van der Waals surface area contributed by atoms with Gasteiger partial charge in [0.15, 0.2) is 5.82 Å². The lowest BCUT2D eigenvalue weighted by atomic mass is 10.1. The third kappa shape index (κ3) is 2.91. The molecule has 0 fully saturated rings. The number of nitrogens with two attached hydrogens (primary N) is 1. The molecule has 0 bridgehead atoms. The van der Waals surface area contributed by atoms with Gasteiger partial charge in [0, 0.05) is 11.3 Å². The van der Waals surface area contributed by atoms with Gasteiger partial charge in [0.2, 0.25) is 11.8 Å². The van der Waals surface area contributed by atoms with Gasteiger partial charge in [-0.3, -0.25) is 0 Å². The summed E-state index contributed by atoms with van der Waals surface area (Å²) in [7, 11) is 2.95. The summed E-state index contributed by atoms with van der Waals surface area (Å²) in [5.41, 5.74) is 6.51. The van der Waals surface area contributed by atoms with Crippen LogP contribution in [-0.2, 0) is 0 Å². The molecule has 0 saturated heterocycles. The number of nitrogens with zero attached hydrogens (tertiary/aromatic N) is 2. The maximum absolute atomic E-state index is 13.1. The Morgan fingerprint density at radius 3 is 2.25 bits per heavy atom. The van der Waals surface area contributed by atoms with Gasteiger partial charge in [-0.25, -0.2) is 4.39 Å². The van der Waals surface area contributed by atoms with E-state index in [0.29, 0.717) is 17.3 Å². The molecule has 1 atom stereocenters. The molecule has 0 spiro atoms. The van der Waals surface area contributed by atoms with E-state index in [1.807, 2.05) is 0 Å². The number of nitrogen functional groups attached to an aromatic ring is 1. The zero-order valence-electron chi connectivity index (χ0n) is 10.9. The topological polar surface area (TPSA) is 70.3 Å². The lowest BCUT2D eigenvalue weighted by Crippen LogP contribution is -2.06. The summed E-state index contributed by atoms with van der Waals surface area (Å²) in [5.74, 6) is 0.469. The van der Waals surface area contributed by atoms with Crippen LogP contribution in [0.2, 0.25) is 0 Å². The SMILES string of the molecule is COc1cc(OC)nc(C(Cl)c2ccc(F)cc2N)n1. The minimum atomic E-state index is -0.736. The summed E-state index contributed by atoms with van der Waals surface area (Å²) in [5, 5.41) is -0.736. The van der Waals surface area contributed by atoms with Crippen LogP contribution in [0.25, 0.3) is 0 Å². The number of halogens is 2. The van der Waals surface area contributed by atoms with Gasteiger partial charge < -0.3 is 15.2 Å². The first kappa shape index (κ1) is 14.3. The minimum Gasteiger partial charge on any atom is -0.481 e. The fourth-order valence-electron chi connectivity index (χ4n) is 1.66. The van der Waals surface area contributed by atoms with Crippen molar-refractivity contribution < 1.29 is 13.9 Å². The predicted molar refractivity (Wildman–Crippen MR) is 73.6 cm³/mol. The predicted octanol–water partition coefficient (Wildman–Crippen LogP) is 2.54. The highest BCUT2D eigenvalue weighted by molar-refractivity contribution is 6.22. The molecule has 0 aliphatic heterocycles. The van der Waals surface area contributed by atoms with Crippen LogP contribution < -0.4 is 15.2 Å². The van der Waals surface area contributed by atoms with E-state index < -0.39 is 11.2 Å². The highest BCUT2D eigenvalue weighted by atomic mass is 35.5. The Labute approximate surface area is 120 Å². The Hall–Kier alpha value is -2.08. The van der Waals surface area contributed by atoms with Gasteiger partial charge in [-0.05, 0) is 12.1 Å². The zero-order chi connectivity index (χ0) is 14.7. The quantitative estimate of drug-likeness (QED) is 0.693. The third-order valence-electron chi connectivity index (χ3n) is 2.66. The molecule has 2 aromatic rings. The van der Waals surface area contributed by atoms with Gasteiger partial charge >= 0.3 is 0 Å². The molecular formula is C13H13ClFN3O2. The molecule has 0 amide bonds. The number of hydrogen-bond acceptors (Lipinski definition) is 5. The minimum absolute atomic E-state index is 0.232. The van der Waals surface area contributed by atoms with E-state index >= 15 is 0 Å². The number of methoxy groups -OCH3 is 2. The molecular weight excluding hydrogens is 285 g/mol. The summed E-state index contributed by atoms with van der Waals surface area (Å²) in [6.45, 7) is 0. The van der Waals surface area contributed by atoms with Crippen LogP contribution in [0.1, 0.15) is 16.8 Å². The molecule has 1 aromatic carbocycles. The number of alkyl halides is 1. The second-order valence-corrected chi connectivity index (χ2v) is 4.38. The fraction of sp³-hybridized carbons (Fsp3) is 0.231. The van der Waals surface area contributed by atoms with Crippen molar-refractivity contribution in [1.29, 1.82) is 0 Å². The average molecular weight is 298 g/mol. The first-order valence-electron chi connectivity index (χ1n) is 5.71. The number of anilines is 1. The van der Waals surface area contributed by atoms with E-state index in [1.165, 1.54) is 38.5 Å². The van der Waals surface area contributed by atoms with Crippen molar-refractivity contribution in [3.8, 4) is 11.8 Å². The summed E-state index contributed by atoms with van der Waals surface area (Å²) >= 11 is 6.31. The summed E-state index contributed by atoms with van der Waals surface area (Å²) in [4.78, 5) is 8.29. The zero-order valence-corrected chi connectivity index (χ0v) is 11.7. The van der Waals surface area contributed by atoms with Crippen LogP contribution in [0.4, 0.5) is 10.1 Å². The van der Waals surface area contributed by atoms with Crippen LogP contribution in [0.3, 0.4) is 0 Å². The van der Waals surface area contributed by atoms with Crippen LogP contribution in [0.15, 0.2) is 24.3 Å². The molecule has 20 heavy (non-hydrogen) atoms. The van der Waals surface area contributed by atoms with Crippen molar-refractivity contribution in [3.05, 3.63) is 41.5 Å². The van der Waals surface area contributed by atoms with E-state index in [-0.39, 0.29) is 11.5 Å². The van der Waals surface area contributed by atoms with Gasteiger partial charge in [0.25, 0.3) is 0 Å². The highest BCUT2D eigenvalue weighted by Crippen LogP contribution is 2.32. The first-order chi connectivity index (χ1) is 9.55. The molecule has 0 aliphatic carbocycles. The van der Waals surface area contributed by atoms with E-state index in [9.17, 15) is 4.39 Å². The van der Waals surface area contributed by atoms with Gasteiger partial charge in [0.1, 0.15) is 11.2 Å². The van der Waals surface area contributed by atoms with Gasteiger partial charge in [0.05, 0.1) is 20.3 Å². The van der Waals surface area contributed by atoms with E-state index in [4.69, 9.17) is 26.8 Å². The first-order valence-corrected chi connectivity index (χ1v) is 6.14. The molecule has 1 unspecified atom stereocenters. The Morgan fingerprint density at radius 1 is 1.15 bits per heavy atom. The van der Waals surface area contributed by atoms with E-state index in [0.717, 1.165) is 0 Å². The van der Waals surface area contributed by atoms with Crippen molar-refractivity contribution in [2.75, 3.05) is 20.0 Å². The van der Waals surface area contributed by atoms with Crippen molar-refractivity contribution in [3.63, 3.8) is 0 Å². The Morgan fingerprint density at radius 2 is 1.75 bits per heavy atom. The molecule has 106 valence electrons. The molecule has 2 N–H and O–H groups in total. The van der Waals surface area contributed by atoms with Crippen LogP contribution in [0, 0.1) is 5.82 Å². The number of rotatable bonds is 4. The number of ether oxygens (including phenoxy) is 2. The van der Waals surface area contributed by atoms with E-state index in [2.05, 4.69) is 9.97 Å². The lowest BCUT2D eigenvalue weighted by Gasteiger charge is -2.13. The van der Waals surface area contributed by atoms with Crippen LogP contribution in [-0.4, -0.2) is 24.2 Å². The lowest BCUT2D eigenvalue weighted by molar-refractivity contribution is 0.368. The van der Waals surface area contributed by atoms with Gasteiger partial charge in [-0.1, -0.05) is 6.07 Å². The maximum atomic E-state index is 13.1. The Balaban J connectivity index is 2.44. The normalized spacial score (nSPS) is 12.0. The number of hydrogen-bond donors (Lipinski definition) is 1. The van der Waals surface area contributed by atoms with Gasteiger partial charge in [-0.2, -0.15) is 9.97 Å². The average Bonchev–Trinajstić information content (AvgIpc) is 2.46. The monoisotopic (exact) mass is 297 g/mol.